The Kier molecular flexibility index (Phi) is 6.65. The molecule has 5 heteroatoms. The Morgan fingerprint density at radius 3 is 2.29 bits per heavy atom. The molecule has 1 aliphatic rings. The second-order valence-electron chi connectivity index (χ2n) is 4.59. The molecule has 0 aromatic rings. The van der Waals surface area contributed by atoms with Gasteiger partial charge >= 0.3 is 8.72 Å². The predicted molar refractivity (Wildman–Crippen MR) is 73.2 cm³/mol. The summed E-state index contributed by atoms with van der Waals surface area (Å²) < 4.78 is 14.0. The van der Waals surface area contributed by atoms with Gasteiger partial charge in [0.05, 0.1) is 0 Å². The van der Waals surface area contributed by atoms with E-state index in [2.05, 4.69) is 23.3 Å². The molecule has 0 atom stereocenters. The standard InChI is InChI=1S/C12H28N2O2Si/c1-5-13(6-2)10-11-14-9-7-8-12-17(14,15-3)16-4/h5-12H2,1-4H3. The third kappa shape index (κ3) is 3.76. The van der Waals surface area contributed by atoms with Gasteiger partial charge in [0.1, 0.15) is 0 Å². The van der Waals surface area contributed by atoms with Gasteiger partial charge in [-0.25, -0.2) is 0 Å². The number of rotatable bonds is 7. The zero-order chi connectivity index (χ0) is 12.7. The summed E-state index contributed by atoms with van der Waals surface area (Å²) in [4.78, 5) is 2.46. The van der Waals surface area contributed by atoms with E-state index in [0.29, 0.717) is 0 Å². The molecule has 4 nitrogen and oxygen atoms in total. The summed E-state index contributed by atoms with van der Waals surface area (Å²) in [5.74, 6) is 0. The van der Waals surface area contributed by atoms with Crippen LogP contribution in [0.3, 0.4) is 0 Å². The lowest BCUT2D eigenvalue weighted by molar-refractivity contribution is 0.137. The van der Waals surface area contributed by atoms with Gasteiger partial charge in [-0.2, -0.15) is 0 Å². The van der Waals surface area contributed by atoms with E-state index in [1.807, 2.05) is 14.2 Å². The molecule has 1 saturated heterocycles. The normalized spacial score (nSPS) is 21.0. The van der Waals surface area contributed by atoms with Crippen molar-refractivity contribution in [1.82, 2.24) is 9.47 Å². The van der Waals surface area contributed by atoms with Crippen molar-refractivity contribution in [3.63, 3.8) is 0 Å². The topological polar surface area (TPSA) is 24.9 Å². The zero-order valence-corrected chi connectivity index (χ0v) is 12.9. The van der Waals surface area contributed by atoms with Gasteiger partial charge in [0, 0.05) is 33.4 Å². The summed E-state index contributed by atoms with van der Waals surface area (Å²) in [6.07, 6.45) is 2.52. The Hall–Kier alpha value is 0.0569. The number of likely N-dealkylation sites (N-methyl/N-ethyl adjacent to an activating group) is 1. The number of hydrogen-bond acceptors (Lipinski definition) is 4. The third-order valence-corrected chi connectivity index (χ3v) is 7.54. The average Bonchev–Trinajstić information content (AvgIpc) is 2.40. The quantitative estimate of drug-likeness (QED) is 0.650. The minimum Gasteiger partial charge on any atom is -0.386 e. The first-order chi connectivity index (χ1) is 8.22. The van der Waals surface area contributed by atoms with E-state index in [1.165, 1.54) is 12.8 Å². The average molecular weight is 260 g/mol. The maximum Gasteiger partial charge on any atom is 0.427 e. The van der Waals surface area contributed by atoms with Crippen LogP contribution < -0.4 is 0 Å². The molecule has 17 heavy (non-hydrogen) atoms. The second-order valence-corrected chi connectivity index (χ2v) is 7.97. The van der Waals surface area contributed by atoms with E-state index in [4.69, 9.17) is 8.85 Å². The van der Waals surface area contributed by atoms with Crippen LogP contribution in [0.15, 0.2) is 0 Å². The van der Waals surface area contributed by atoms with Crippen molar-refractivity contribution in [2.45, 2.75) is 32.7 Å². The van der Waals surface area contributed by atoms with Crippen LogP contribution in [0.4, 0.5) is 0 Å². The molecular formula is C12H28N2O2Si. The smallest absolute Gasteiger partial charge is 0.386 e. The number of nitrogens with zero attached hydrogens (tertiary/aromatic N) is 2. The molecule has 0 saturated carbocycles. The van der Waals surface area contributed by atoms with Crippen LogP contribution in [0.5, 0.6) is 0 Å². The van der Waals surface area contributed by atoms with Gasteiger partial charge in [0.2, 0.25) is 0 Å². The van der Waals surface area contributed by atoms with Crippen molar-refractivity contribution in [2.75, 3.05) is 46.9 Å². The van der Waals surface area contributed by atoms with Crippen LogP contribution in [-0.4, -0.2) is 65.1 Å². The van der Waals surface area contributed by atoms with Gasteiger partial charge in [0.25, 0.3) is 0 Å². The van der Waals surface area contributed by atoms with Gasteiger partial charge < -0.3 is 13.8 Å². The van der Waals surface area contributed by atoms with Crippen LogP contribution in [0.2, 0.25) is 6.04 Å². The van der Waals surface area contributed by atoms with Crippen molar-refractivity contribution in [1.29, 1.82) is 0 Å². The Balaban J connectivity index is 2.53. The van der Waals surface area contributed by atoms with E-state index in [0.717, 1.165) is 38.8 Å². The molecule has 0 aromatic carbocycles. The molecule has 102 valence electrons. The van der Waals surface area contributed by atoms with Gasteiger partial charge in [-0.05, 0) is 32.5 Å². The summed E-state index contributed by atoms with van der Waals surface area (Å²) in [5.41, 5.74) is 0. The summed E-state index contributed by atoms with van der Waals surface area (Å²) >= 11 is 0. The highest BCUT2D eigenvalue weighted by Gasteiger charge is 2.44. The van der Waals surface area contributed by atoms with E-state index in [9.17, 15) is 0 Å². The molecule has 1 aliphatic heterocycles. The summed E-state index contributed by atoms with van der Waals surface area (Å²) in [5, 5.41) is 0. The van der Waals surface area contributed by atoms with Crippen molar-refractivity contribution in [2.24, 2.45) is 0 Å². The number of hydrogen-bond donors (Lipinski definition) is 0. The monoisotopic (exact) mass is 260 g/mol. The van der Waals surface area contributed by atoms with Crippen LogP contribution in [0.25, 0.3) is 0 Å². The first-order valence-corrected chi connectivity index (χ1v) is 8.77. The first-order valence-electron chi connectivity index (χ1n) is 6.80. The molecule has 1 heterocycles. The summed E-state index contributed by atoms with van der Waals surface area (Å²) in [7, 11) is 1.58. The van der Waals surface area contributed by atoms with Gasteiger partial charge in [-0.15, -0.1) is 0 Å². The maximum absolute atomic E-state index is 5.76. The molecule has 0 bridgehead atoms. The van der Waals surface area contributed by atoms with E-state index in [1.54, 1.807) is 0 Å². The summed E-state index contributed by atoms with van der Waals surface area (Å²) in [6, 6.07) is 1.11. The van der Waals surface area contributed by atoms with Crippen molar-refractivity contribution in [3.05, 3.63) is 0 Å². The SMILES string of the molecule is CCN(CC)CCN1CCCC[Si]1(OC)OC. The molecule has 0 N–H and O–H groups in total. The first kappa shape index (κ1) is 15.1. The van der Waals surface area contributed by atoms with E-state index >= 15 is 0 Å². The third-order valence-electron chi connectivity index (χ3n) is 3.87. The maximum atomic E-state index is 5.76. The van der Waals surface area contributed by atoms with Crippen molar-refractivity contribution in [3.8, 4) is 0 Å². The van der Waals surface area contributed by atoms with Crippen molar-refractivity contribution >= 4 is 8.72 Å². The highest BCUT2D eigenvalue weighted by Crippen LogP contribution is 2.25. The van der Waals surface area contributed by atoms with Crippen LogP contribution in [-0.2, 0) is 8.85 Å². The van der Waals surface area contributed by atoms with E-state index < -0.39 is 8.72 Å². The lowest BCUT2D eigenvalue weighted by Gasteiger charge is -2.42. The van der Waals surface area contributed by atoms with Gasteiger partial charge in [0.15, 0.2) is 0 Å². The van der Waals surface area contributed by atoms with Gasteiger partial charge in [-0.1, -0.05) is 13.8 Å². The van der Waals surface area contributed by atoms with E-state index in [-0.39, 0.29) is 0 Å². The zero-order valence-electron chi connectivity index (χ0n) is 11.9. The molecule has 0 aromatic heterocycles. The minimum atomic E-state index is -2.05. The van der Waals surface area contributed by atoms with Crippen LogP contribution in [0, 0.1) is 0 Å². The molecule has 0 spiro atoms. The second kappa shape index (κ2) is 7.48. The fourth-order valence-corrected chi connectivity index (χ4v) is 5.65. The lowest BCUT2D eigenvalue weighted by Crippen LogP contribution is -2.61. The van der Waals surface area contributed by atoms with Crippen LogP contribution >= 0.6 is 0 Å². The summed E-state index contributed by atoms with van der Waals surface area (Å²) in [6.45, 7) is 10.0. The molecular weight excluding hydrogens is 232 g/mol. The fourth-order valence-electron chi connectivity index (χ4n) is 2.61. The Morgan fingerprint density at radius 1 is 1.12 bits per heavy atom. The molecule has 0 aliphatic carbocycles. The van der Waals surface area contributed by atoms with Crippen molar-refractivity contribution < 1.29 is 8.85 Å². The largest absolute Gasteiger partial charge is 0.427 e. The highest BCUT2D eigenvalue weighted by atomic mass is 28.4. The highest BCUT2D eigenvalue weighted by molar-refractivity contribution is 6.64. The lowest BCUT2D eigenvalue weighted by atomic mass is 10.3. The predicted octanol–water partition coefficient (Wildman–Crippen LogP) is 1.66. The van der Waals surface area contributed by atoms with Crippen LogP contribution in [0.1, 0.15) is 26.7 Å². The molecule has 1 fully saturated rings. The molecule has 1 rings (SSSR count). The Bertz CT molecular complexity index is 209. The Morgan fingerprint density at radius 2 is 1.76 bits per heavy atom. The minimum absolute atomic E-state index is 1.08. The Labute approximate surface area is 107 Å². The molecule has 0 amide bonds. The molecule has 0 unspecified atom stereocenters. The molecule has 0 radical (unpaired) electrons. The fraction of sp³-hybridized carbons (Fsp3) is 1.00. The van der Waals surface area contributed by atoms with Gasteiger partial charge in [-0.3, -0.25) is 4.57 Å².